The first-order valence-electron chi connectivity index (χ1n) is 47.5. The van der Waals surface area contributed by atoms with Gasteiger partial charge in [-0.2, -0.15) is 0 Å². The first kappa shape index (κ1) is 106. The van der Waals surface area contributed by atoms with Crippen molar-refractivity contribution in [1.82, 2.24) is 29.9 Å². The molecular weight excluding hydrogens is 1870 g/mol. The molecule has 0 N–H and O–H groups in total. The summed E-state index contributed by atoms with van der Waals surface area (Å²) in [5.74, 6) is 9.90. The second kappa shape index (κ2) is 50.4. The number of rotatable bonds is 25. The maximum atomic E-state index is 6.09. The van der Waals surface area contributed by atoms with Crippen LogP contribution in [-0.2, 0) is 10.8 Å². The van der Waals surface area contributed by atoms with Gasteiger partial charge in [0, 0.05) is 66.5 Å². The Kier molecular flexibility index (Phi) is 37.3. The first-order chi connectivity index (χ1) is 68.8. The van der Waals surface area contributed by atoms with Gasteiger partial charge in [-0.05, 0) is 308 Å². The lowest BCUT2D eigenvalue weighted by Crippen LogP contribution is -2.18. The second-order valence-electron chi connectivity index (χ2n) is 37.2. The number of aromatic nitrogens is 6. The Balaban J connectivity index is 0.000000136. The molecule has 18 nitrogen and oxygen atoms in total. The molecule has 0 amide bonds. The molecule has 19 rings (SSSR count). The van der Waals surface area contributed by atoms with Crippen LogP contribution in [0.1, 0.15) is 137 Å². The molecule has 0 aliphatic rings. The van der Waals surface area contributed by atoms with Gasteiger partial charge < -0.3 is 45.5 Å². The number of aryl methyl sites for hydroxylation is 13. The number of fused-ring (bicyclic) bond motifs is 6. The van der Waals surface area contributed by atoms with E-state index in [0.717, 1.165) is 185 Å². The molecule has 0 saturated carbocycles. The van der Waals surface area contributed by atoms with Crippen molar-refractivity contribution in [2.45, 2.75) is 156 Å². The van der Waals surface area contributed by atoms with E-state index in [0.29, 0.717) is 0 Å². The van der Waals surface area contributed by atoms with Gasteiger partial charge in [0.15, 0.2) is 0 Å². The minimum absolute atomic E-state index is 0.0621. The van der Waals surface area contributed by atoms with Gasteiger partial charge in [-0.25, -0.2) is 29.9 Å². The normalized spacial score (nSPS) is 10.8. The van der Waals surface area contributed by atoms with Gasteiger partial charge >= 0.3 is 95.3 Å². The van der Waals surface area contributed by atoms with Gasteiger partial charge in [0.2, 0.25) is 0 Å². The summed E-state index contributed by atoms with van der Waals surface area (Å²) in [6, 6.07) is 108. The highest BCUT2D eigenvalue weighted by Gasteiger charge is 2.24. The van der Waals surface area contributed by atoms with Crippen LogP contribution in [0.3, 0.4) is 0 Å². The van der Waals surface area contributed by atoms with E-state index < -0.39 is 95.3 Å². The van der Waals surface area contributed by atoms with Crippen molar-refractivity contribution in [2.24, 2.45) is 0 Å². The third-order valence-electron chi connectivity index (χ3n) is 23.9. The Morgan fingerprint density at radius 2 is 0.483 bits per heavy atom. The molecule has 0 aliphatic heterocycles. The molecular formula is C119H116Al6N6O12. The number of nitrogens with zero attached hydrogens (tertiary/aromatic N) is 6. The third-order valence-corrected chi connectivity index (χ3v) is 28.1. The van der Waals surface area contributed by atoms with Crippen molar-refractivity contribution in [3.05, 3.63) is 417 Å². The van der Waals surface area contributed by atoms with Crippen molar-refractivity contribution in [3.8, 4) is 80.1 Å². The molecule has 712 valence electrons. The van der Waals surface area contributed by atoms with E-state index in [4.69, 9.17) is 45.5 Å². The molecule has 0 aliphatic carbocycles. The molecule has 0 atom stereocenters. The van der Waals surface area contributed by atoms with Crippen LogP contribution in [0.15, 0.2) is 322 Å². The molecule has 19 aromatic rings. The summed E-state index contributed by atoms with van der Waals surface area (Å²) in [5.41, 5.74) is 27.0. The molecule has 6 radical (unpaired) electrons. The number of para-hydroxylation sites is 7. The SMILES string of the molecule is Cc1cc(C)c(C)c([O][Al][O]c2cccc3ccc(C)nc23)c1.Cc1ccc2cccc([O][Al][O]c3c(C)cccc3C)c2n1.Cc1ccc2cccc([O][Al][O]c3cc(C(C)(C)C)cc(C(C)(C)C)c3)c2n1.Cc1ccc2cccc([O][Al][O]c3ccc(-c4ccccc4)cc3)c2n1.Cc1ccc2cccc([O][Al][O]c3ccc(C)c(C)c3)c2n1.Cc1ccc2cccc([O][Al][O]c3cccc(C)c3C)c2n1. The molecule has 0 saturated heterocycles. The zero-order valence-corrected chi connectivity index (χ0v) is 92.1. The highest BCUT2D eigenvalue weighted by Crippen LogP contribution is 2.37. The second-order valence-corrected chi connectivity index (χ2v) is 41.2. The maximum absolute atomic E-state index is 6.09. The Morgan fingerprint density at radius 1 is 0.189 bits per heavy atom. The van der Waals surface area contributed by atoms with Crippen molar-refractivity contribution < 1.29 is 45.5 Å². The summed E-state index contributed by atoms with van der Waals surface area (Å²) in [6.45, 7) is 43.9. The van der Waals surface area contributed by atoms with E-state index in [9.17, 15) is 0 Å². The monoisotopic (exact) mass is 1980 g/mol. The first-order valence-corrected chi connectivity index (χ1v) is 53.1. The molecule has 6 heterocycles. The Labute approximate surface area is 881 Å². The minimum atomic E-state index is -0.689. The molecule has 6 aromatic heterocycles. The highest BCUT2D eigenvalue weighted by atomic mass is 27.2. The predicted octanol–water partition coefficient (Wildman–Crippen LogP) is 28.2. The van der Waals surface area contributed by atoms with E-state index >= 15 is 0 Å². The largest absolute Gasteiger partial charge is 0.881 e. The number of hydrogen-bond donors (Lipinski definition) is 0. The standard InChI is InChI=1S/C14H22O.C12H10O.6C10H9NO.C9H12O.3C8H10O.6Al/c1-13(2,3)10-7-11(14(4,5)6)9-12(15)8-10;13-12-8-6-11(7-9-12)10-4-2-1-3-5-10;6*1-7-5-6-8-3-2-4-9(12)10(8)11-7;1-6-4-7(2)8(3)9(10)5-6;1-6-3-4-8(9)5-7(6)2;1-6-4-3-5-8(9)7(6)2;1-6-4-3-5-7(2)8(6)9;;;;;;/h7-9,15H,1-6H3;1-9,13H;6*2-6,12H,1H3;4-5,10H,1-3H3;3*3-5,9H,1-2H3;;;;;;/q;;;;;;;;;;;;6*+2/p-12. The number of hydrogen-bond acceptors (Lipinski definition) is 18. The maximum Gasteiger partial charge on any atom is 0.881 e. The van der Waals surface area contributed by atoms with Gasteiger partial charge in [0.05, 0.1) is 34.5 Å². The summed E-state index contributed by atoms with van der Waals surface area (Å²) in [5, 5.41) is 6.46. The van der Waals surface area contributed by atoms with Crippen molar-refractivity contribution in [1.29, 1.82) is 0 Å². The van der Waals surface area contributed by atoms with E-state index in [1.807, 2.05) is 274 Å². The fourth-order valence-electron chi connectivity index (χ4n) is 15.3. The van der Waals surface area contributed by atoms with E-state index in [1.54, 1.807) is 0 Å². The zero-order valence-electron chi connectivity index (χ0n) is 85.1. The van der Waals surface area contributed by atoms with Crippen LogP contribution in [0.4, 0.5) is 0 Å². The van der Waals surface area contributed by atoms with Gasteiger partial charge in [-0.1, -0.05) is 242 Å². The minimum Gasteiger partial charge on any atom is -0.616 e. The van der Waals surface area contributed by atoms with Crippen molar-refractivity contribution in [2.75, 3.05) is 0 Å². The summed E-state index contributed by atoms with van der Waals surface area (Å²) in [7, 11) is 0. The van der Waals surface area contributed by atoms with Crippen LogP contribution in [0.25, 0.3) is 76.5 Å². The van der Waals surface area contributed by atoms with Gasteiger partial charge in [0.25, 0.3) is 0 Å². The van der Waals surface area contributed by atoms with Gasteiger partial charge in [-0.15, -0.1) is 0 Å². The van der Waals surface area contributed by atoms with Crippen LogP contribution in [0, 0.1) is 104 Å². The highest BCUT2D eigenvalue weighted by molar-refractivity contribution is 6.23. The van der Waals surface area contributed by atoms with E-state index in [1.165, 1.54) is 55.6 Å². The molecule has 13 aromatic carbocycles. The summed E-state index contributed by atoms with van der Waals surface area (Å²) < 4.78 is 70.7. The van der Waals surface area contributed by atoms with Gasteiger partial charge in [-0.3, -0.25) is 0 Å². The Hall–Kier alpha value is -12.9. The fourth-order valence-corrected chi connectivity index (χ4v) is 19.3. The third kappa shape index (κ3) is 29.9. The van der Waals surface area contributed by atoms with Crippen LogP contribution in [0.2, 0.25) is 0 Å². The molecule has 0 unspecified atom stereocenters. The van der Waals surface area contributed by atoms with Crippen molar-refractivity contribution in [3.63, 3.8) is 0 Å². The lowest BCUT2D eigenvalue weighted by molar-refractivity contribution is 0.456. The Morgan fingerprint density at radius 3 is 0.853 bits per heavy atom. The zero-order chi connectivity index (χ0) is 101. The number of benzene rings is 13. The number of pyridine rings is 6. The average Bonchev–Trinajstić information content (AvgIpc) is 0.820. The smallest absolute Gasteiger partial charge is 0.616 e. The lowest BCUT2D eigenvalue weighted by atomic mass is 9.80. The van der Waals surface area contributed by atoms with Crippen LogP contribution in [-0.4, -0.2) is 125 Å². The Bertz CT molecular complexity index is 7570. The molecule has 143 heavy (non-hydrogen) atoms. The van der Waals surface area contributed by atoms with Crippen molar-refractivity contribution >= 4 is 161 Å². The quantitative estimate of drug-likeness (QED) is 0.0491. The molecule has 24 heteroatoms. The summed E-state index contributed by atoms with van der Waals surface area (Å²) >= 11 is -3.89. The topological polar surface area (TPSA) is 188 Å². The average molecular weight is 1980 g/mol. The van der Waals surface area contributed by atoms with Crippen LogP contribution in [0.5, 0.6) is 69.0 Å². The van der Waals surface area contributed by atoms with Gasteiger partial charge in [0.1, 0.15) is 67.6 Å². The van der Waals surface area contributed by atoms with E-state index in [-0.39, 0.29) is 10.8 Å². The lowest BCUT2D eigenvalue weighted by Gasteiger charge is -2.26. The van der Waals surface area contributed by atoms with E-state index in [2.05, 4.69) is 223 Å². The summed E-state index contributed by atoms with van der Waals surface area (Å²) in [6.07, 6.45) is 0. The molecule has 0 spiro atoms. The molecule has 0 bridgehead atoms. The predicted molar refractivity (Wildman–Crippen MR) is 585 cm³/mol. The van der Waals surface area contributed by atoms with Crippen LogP contribution >= 0.6 is 0 Å². The molecule has 0 fully saturated rings. The summed E-state index contributed by atoms with van der Waals surface area (Å²) in [4.78, 5) is 27.5. The van der Waals surface area contributed by atoms with Crippen LogP contribution < -0.4 is 45.5 Å². The fraction of sp³-hybridized carbons (Fsp3) is 0.193.